The Morgan fingerprint density at radius 2 is 2.57 bits per heavy atom. The van der Waals surface area contributed by atoms with Crippen molar-refractivity contribution >= 4 is 5.97 Å². The van der Waals surface area contributed by atoms with E-state index in [1.807, 2.05) is 0 Å². The van der Waals surface area contributed by atoms with Gasteiger partial charge in [-0.3, -0.25) is 9.48 Å². The van der Waals surface area contributed by atoms with E-state index in [4.69, 9.17) is 10.8 Å². The van der Waals surface area contributed by atoms with Crippen molar-refractivity contribution in [1.29, 1.82) is 0 Å². The van der Waals surface area contributed by atoms with E-state index >= 15 is 0 Å². The highest BCUT2D eigenvalue weighted by Gasteiger charge is 2.20. The van der Waals surface area contributed by atoms with Crippen molar-refractivity contribution in [2.75, 3.05) is 0 Å². The number of nitrogens with two attached hydrogens (primary N) is 1. The molecule has 0 fully saturated rings. The Kier molecular flexibility index (Phi) is 2.25. The fourth-order valence-electron chi connectivity index (χ4n) is 1.85. The fourth-order valence-corrected chi connectivity index (χ4v) is 1.85. The summed E-state index contributed by atoms with van der Waals surface area (Å²) in [7, 11) is 0. The molecule has 1 atom stereocenters. The summed E-state index contributed by atoms with van der Waals surface area (Å²) in [5.41, 5.74) is 7.84. The molecule has 76 valence electrons. The summed E-state index contributed by atoms with van der Waals surface area (Å²) in [5, 5.41) is 12.8. The number of carbonyl (C=O) groups is 1. The molecule has 0 aliphatic heterocycles. The monoisotopic (exact) mass is 195 g/mol. The summed E-state index contributed by atoms with van der Waals surface area (Å²) in [6, 6.07) is -0.0196. The first kappa shape index (κ1) is 9.21. The molecule has 3 N–H and O–H groups in total. The molecule has 2 rings (SSSR count). The number of aliphatic carboxylic acids is 1. The minimum absolute atomic E-state index is 0.0196. The van der Waals surface area contributed by atoms with Crippen LogP contribution in [0.5, 0.6) is 0 Å². The van der Waals surface area contributed by atoms with Crippen molar-refractivity contribution in [1.82, 2.24) is 9.78 Å². The molecule has 1 heterocycles. The van der Waals surface area contributed by atoms with Gasteiger partial charge in [-0.15, -0.1) is 0 Å². The van der Waals surface area contributed by atoms with Gasteiger partial charge in [0.1, 0.15) is 6.54 Å². The Labute approximate surface area is 81.5 Å². The van der Waals surface area contributed by atoms with Crippen LogP contribution in [0.1, 0.15) is 30.1 Å². The van der Waals surface area contributed by atoms with Crippen LogP contribution in [0, 0.1) is 0 Å². The standard InChI is InChI=1S/C9H13N3O2/c10-7-3-1-2-6-4-12(5-8(13)14)11-9(6)7/h4,7H,1-3,5,10H2,(H,13,14). The molecule has 0 spiro atoms. The van der Waals surface area contributed by atoms with Crippen LogP contribution in [0.4, 0.5) is 0 Å². The third-order valence-corrected chi connectivity index (χ3v) is 2.48. The number of aryl methyl sites for hydroxylation is 1. The van der Waals surface area contributed by atoms with Gasteiger partial charge in [0.2, 0.25) is 0 Å². The van der Waals surface area contributed by atoms with E-state index in [1.165, 1.54) is 4.68 Å². The van der Waals surface area contributed by atoms with E-state index < -0.39 is 5.97 Å². The number of carboxylic acid groups (broad SMARTS) is 1. The van der Waals surface area contributed by atoms with Crippen LogP contribution >= 0.6 is 0 Å². The van der Waals surface area contributed by atoms with Crippen LogP contribution in [0.3, 0.4) is 0 Å². The van der Waals surface area contributed by atoms with Gasteiger partial charge in [-0.25, -0.2) is 0 Å². The SMILES string of the molecule is NC1CCCc2cn(CC(=O)O)nc21. The summed E-state index contributed by atoms with van der Waals surface area (Å²) in [6.45, 7) is -0.0836. The molecule has 0 radical (unpaired) electrons. The Bertz CT molecular complexity index is 359. The van der Waals surface area contributed by atoms with E-state index in [-0.39, 0.29) is 12.6 Å². The molecule has 5 nitrogen and oxygen atoms in total. The molecule has 0 bridgehead atoms. The zero-order chi connectivity index (χ0) is 10.1. The van der Waals surface area contributed by atoms with E-state index in [0.29, 0.717) is 0 Å². The van der Waals surface area contributed by atoms with Crippen LogP contribution in [0.2, 0.25) is 0 Å². The van der Waals surface area contributed by atoms with Gasteiger partial charge in [-0.2, -0.15) is 5.10 Å². The topological polar surface area (TPSA) is 81.1 Å². The number of nitrogens with zero attached hydrogens (tertiary/aromatic N) is 2. The lowest BCUT2D eigenvalue weighted by molar-refractivity contribution is -0.137. The van der Waals surface area contributed by atoms with Gasteiger partial charge in [0.05, 0.1) is 5.69 Å². The highest BCUT2D eigenvalue weighted by atomic mass is 16.4. The van der Waals surface area contributed by atoms with Gasteiger partial charge < -0.3 is 10.8 Å². The second-order valence-electron chi connectivity index (χ2n) is 3.63. The molecule has 1 aromatic rings. The zero-order valence-corrected chi connectivity index (χ0v) is 7.81. The maximum atomic E-state index is 10.5. The van der Waals surface area contributed by atoms with Crippen molar-refractivity contribution in [2.45, 2.75) is 31.8 Å². The highest BCUT2D eigenvalue weighted by molar-refractivity contribution is 5.66. The largest absolute Gasteiger partial charge is 0.480 e. The molecule has 0 saturated heterocycles. The molecule has 1 aromatic heterocycles. The molecular formula is C9H13N3O2. The second kappa shape index (κ2) is 3.42. The average molecular weight is 195 g/mol. The molecule has 0 aromatic carbocycles. The Balaban J connectivity index is 2.26. The van der Waals surface area contributed by atoms with Crippen LogP contribution in [0.25, 0.3) is 0 Å². The fraction of sp³-hybridized carbons (Fsp3) is 0.556. The first-order chi connectivity index (χ1) is 6.66. The predicted molar refractivity (Wildman–Crippen MR) is 49.7 cm³/mol. The maximum absolute atomic E-state index is 10.5. The smallest absolute Gasteiger partial charge is 0.325 e. The molecule has 14 heavy (non-hydrogen) atoms. The number of hydrogen-bond acceptors (Lipinski definition) is 3. The third kappa shape index (κ3) is 1.63. The second-order valence-corrected chi connectivity index (χ2v) is 3.63. The molecule has 0 saturated carbocycles. The van der Waals surface area contributed by atoms with Gasteiger partial charge in [-0.1, -0.05) is 0 Å². The van der Waals surface area contributed by atoms with Crippen LogP contribution in [-0.2, 0) is 17.8 Å². The number of rotatable bonds is 2. The predicted octanol–water partition coefficient (Wildman–Crippen LogP) is 0.304. The third-order valence-electron chi connectivity index (χ3n) is 2.48. The molecular weight excluding hydrogens is 182 g/mol. The number of carboxylic acids is 1. The summed E-state index contributed by atoms with van der Waals surface area (Å²) in [5.74, 6) is -0.876. The zero-order valence-electron chi connectivity index (χ0n) is 7.81. The lowest BCUT2D eigenvalue weighted by Gasteiger charge is -2.15. The van der Waals surface area contributed by atoms with Crippen molar-refractivity contribution in [3.63, 3.8) is 0 Å². The molecule has 5 heteroatoms. The van der Waals surface area contributed by atoms with E-state index in [0.717, 1.165) is 30.5 Å². The highest BCUT2D eigenvalue weighted by Crippen LogP contribution is 2.26. The first-order valence-corrected chi connectivity index (χ1v) is 4.70. The van der Waals surface area contributed by atoms with E-state index in [9.17, 15) is 4.79 Å². The normalized spacial score (nSPS) is 20.5. The van der Waals surface area contributed by atoms with Gasteiger partial charge in [0.25, 0.3) is 0 Å². The lowest BCUT2D eigenvalue weighted by atomic mass is 9.95. The van der Waals surface area contributed by atoms with Crippen molar-refractivity contribution in [3.8, 4) is 0 Å². The average Bonchev–Trinajstić information content (AvgIpc) is 2.47. The first-order valence-electron chi connectivity index (χ1n) is 4.70. The summed E-state index contributed by atoms with van der Waals surface area (Å²) < 4.78 is 1.46. The molecule has 0 amide bonds. The number of aromatic nitrogens is 2. The minimum atomic E-state index is -0.876. The minimum Gasteiger partial charge on any atom is -0.480 e. The summed E-state index contributed by atoms with van der Waals surface area (Å²) >= 11 is 0. The van der Waals surface area contributed by atoms with E-state index in [1.54, 1.807) is 6.20 Å². The van der Waals surface area contributed by atoms with Crippen LogP contribution < -0.4 is 5.73 Å². The van der Waals surface area contributed by atoms with Crippen LogP contribution in [-0.4, -0.2) is 20.9 Å². The van der Waals surface area contributed by atoms with Gasteiger partial charge in [-0.05, 0) is 24.8 Å². The molecule has 1 aliphatic carbocycles. The molecule has 1 aliphatic rings. The van der Waals surface area contributed by atoms with Gasteiger partial charge >= 0.3 is 5.97 Å². The summed E-state index contributed by atoms with van der Waals surface area (Å²) in [6.07, 6.45) is 4.76. The Morgan fingerprint density at radius 3 is 3.21 bits per heavy atom. The Hall–Kier alpha value is -1.36. The van der Waals surface area contributed by atoms with Crippen molar-refractivity contribution in [2.24, 2.45) is 5.73 Å². The van der Waals surface area contributed by atoms with Gasteiger partial charge in [0, 0.05) is 12.2 Å². The number of fused-ring (bicyclic) bond motifs is 1. The van der Waals surface area contributed by atoms with Crippen molar-refractivity contribution < 1.29 is 9.90 Å². The molecule has 1 unspecified atom stereocenters. The van der Waals surface area contributed by atoms with E-state index in [2.05, 4.69) is 5.10 Å². The van der Waals surface area contributed by atoms with Crippen molar-refractivity contribution in [3.05, 3.63) is 17.5 Å². The quantitative estimate of drug-likeness (QED) is 0.711. The Morgan fingerprint density at radius 1 is 1.79 bits per heavy atom. The lowest BCUT2D eigenvalue weighted by Crippen LogP contribution is -2.17. The maximum Gasteiger partial charge on any atom is 0.325 e. The van der Waals surface area contributed by atoms with Crippen LogP contribution in [0.15, 0.2) is 6.20 Å². The summed E-state index contributed by atoms with van der Waals surface area (Å²) in [4.78, 5) is 10.5. The van der Waals surface area contributed by atoms with Gasteiger partial charge in [0.15, 0.2) is 0 Å². The number of hydrogen-bond donors (Lipinski definition) is 2.